The number of benzene rings is 1. The lowest BCUT2D eigenvalue weighted by molar-refractivity contribution is -0.387. The Bertz CT molecular complexity index is 562. The van der Waals surface area contributed by atoms with E-state index in [9.17, 15) is 18.9 Å². The fourth-order valence-corrected chi connectivity index (χ4v) is 1.60. The molecule has 0 saturated carbocycles. The third-order valence-corrected chi connectivity index (χ3v) is 3.13. The third kappa shape index (κ3) is 4.37. The van der Waals surface area contributed by atoms with Crippen molar-refractivity contribution in [1.82, 2.24) is 0 Å². The van der Waals surface area contributed by atoms with Crippen LogP contribution in [-0.2, 0) is 0 Å². The highest BCUT2D eigenvalue weighted by molar-refractivity contribution is 5.82. The number of nitro benzene ring substituents is 1. The molecule has 116 valence electrons. The van der Waals surface area contributed by atoms with Crippen LogP contribution in [0.5, 0.6) is 5.75 Å². The molecule has 8 heteroatoms. The molecule has 0 heterocycles. The molecule has 0 atom stereocenters. The molecule has 0 amide bonds. The Kier molecular flexibility index (Phi) is 5.17. The van der Waals surface area contributed by atoms with Crippen LogP contribution in [0, 0.1) is 32.6 Å². The number of ether oxygens (including phenoxy) is 1. The number of nitrogens with zero attached hydrogens (tertiary/aromatic N) is 1. The second kappa shape index (κ2) is 6.47. The van der Waals surface area contributed by atoms with Crippen LogP contribution in [0.2, 0.25) is 0 Å². The predicted octanol–water partition coefficient (Wildman–Crippen LogP) is 2.99. The summed E-state index contributed by atoms with van der Waals surface area (Å²) in [5.41, 5.74) is 3.99. The van der Waals surface area contributed by atoms with Crippen LogP contribution >= 0.6 is 0 Å². The number of amidine groups is 1. The van der Waals surface area contributed by atoms with Gasteiger partial charge in [-0.3, -0.25) is 15.5 Å². The van der Waals surface area contributed by atoms with Gasteiger partial charge in [-0.25, -0.2) is 4.39 Å². The number of hydrogen-bond donors (Lipinski definition) is 2. The van der Waals surface area contributed by atoms with Gasteiger partial charge in [-0.1, -0.05) is 13.8 Å². The van der Waals surface area contributed by atoms with Crippen molar-refractivity contribution in [3.05, 3.63) is 33.9 Å². The molecule has 0 aliphatic heterocycles. The first kappa shape index (κ1) is 16.8. The van der Waals surface area contributed by atoms with E-state index in [1.54, 1.807) is 13.8 Å². The van der Waals surface area contributed by atoms with Gasteiger partial charge in [-0.05, 0) is 12.8 Å². The van der Waals surface area contributed by atoms with Gasteiger partial charge in [0.15, 0.2) is 11.6 Å². The van der Waals surface area contributed by atoms with E-state index in [1.165, 1.54) is 0 Å². The maximum Gasteiger partial charge on any atom is 0.307 e. The predicted molar refractivity (Wildman–Crippen MR) is 73.4 cm³/mol. The largest absolute Gasteiger partial charge is 0.490 e. The topological polar surface area (TPSA) is 102 Å². The van der Waals surface area contributed by atoms with Gasteiger partial charge in [0.25, 0.3) is 0 Å². The van der Waals surface area contributed by atoms with Crippen molar-refractivity contribution in [2.75, 3.05) is 6.61 Å². The first-order valence-corrected chi connectivity index (χ1v) is 6.26. The van der Waals surface area contributed by atoms with E-state index >= 15 is 0 Å². The molecule has 1 rings (SSSR count). The van der Waals surface area contributed by atoms with Gasteiger partial charge in [-0.15, -0.1) is 0 Å². The van der Waals surface area contributed by atoms with Crippen molar-refractivity contribution in [3.8, 4) is 5.75 Å². The van der Waals surface area contributed by atoms with Crippen molar-refractivity contribution in [2.45, 2.75) is 26.7 Å². The minimum absolute atomic E-state index is 0.0371. The number of nitrogens with two attached hydrogens (primary N) is 1. The smallest absolute Gasteiger partial charge is 0.307 e. The molecule has 1 aromatic rings. The van der Waals surface area contributed by atoms with Gasteiger partial charge in [-0.2, -0.15) is 4.39 Å². The summed E-state index contributed by atoms with van der Waals surface area (Å²) in [7, 11) is 0. The summed E-state index contributed by atoms with van der Waals surface area (Å²) >= 11 is 0. The molecule has 0 aromatic heterocycles. The second-order valence-corrected chi connectivity index (χ2v) is 5.24. The lowest BCUT2D eigenvalue weighted by Gasteiger charge is -2.22. The van der Waals surface area contributed by atoms with Gasteiger partial charge in [0.1, 0.15) is 0 Å². The average Bonchev–Trinajstić information content (AvgIpc) is 2.37. The summed E-state index contributed by atoms with van der Waals surface area (Å²) in [6.07, 6.45) is 1.02. The van der Waals surface area contributed by atoms with Gasteiger partial charge in [0, 0.05) is 11.5 Å². The number of hydrogen-bond acceptors (Lipinski definition) is 4. The molecular weight excluding hydrogens is 284 g/mol. The van der Waals surface area contributed by atoms with Crippen molar-refractivity contribution < 1.29 is 18.4 Å². The van der Waals surface area contributed by atoms with Crippen LogP contribution < -0.4 is 10.5 Å². The van der Waals surface area contributed by atoms with Crippen LogP contribution in [0.1, 0.15) is 26.7 Å². The van der Waals surface area contributed by atoms with Crippen molar-refractivity contribution in [3.63, 3.8) is 0 Å². The molecule has 0 fully saturated rings. The van der Waals surface area contributed by atoms with Crippen LogP contribution in [0.4, 0.5) is 14.5 Å². The zero-order valence-electron chi connectivity index (χ0n) is 11.8. The Hall–Kier alpha value is -2.25. The van der Waals surface area contributed by atoms with E-state index in [1.807, 2.05) is 0 Å². The highest BCUT2D eigenvalue weighted by Gasteiger charge is 2.22. The maximum absolute atomic E-state index is 13.5. The SMILES string of the molecule is CC(C)(CCCOc1cc(F)c([N+](=O)[O-])cc1F)C(=N)N. The molecule has 21 heavy (non-hydrogen) atoms. The minimum Gasteiger partial charge on any atom is -0.490 e. The lowest BCUT2D eigenvalue weighted by atomic mass is 9.87. The van der Waals surface area contributed by atoms with E-state index in [-0.39, 0.29) is 18.2 Å². The van der Waals surface area contributed by atoms with Gasteiger partial charge in [0.2, 0.25) is 5.82 Å². The molecule has 0 aliphatic rings. The first-order valence-electron chi connectivity index (χ1n) is 6.26. The Morgan fingerprint density at radius 3 is 2.57 bits per heavy atom. The van der Waals surface area contributed by atoms with E-state index in [0.717, 1.165) is 0 Å². The number of rotatable bonds is 7. The fourth-order valence-electron chi connectivity index (χ4n) is 1.60. The monoisotopic (exact) mass is 301 g/mol. The molecule has 0 radical (unpaired) electrons. The van der Waals surface area contributed by atoms with Crippen LogP contribution in [0.3, 0.4) is 0 Å². The Balaban J connectivity index is 2.63. The van der Waals surface area contributed by atoms with Crippen LogP contribution in [-0.4, -0.2) is 17.4 Å². The highest BCUT2D eigenvalue weighted by Crippen LogP contribution is 2.27. The van der Waals surface area contributed by atoms with E-state index in [4.69, 9.17) is 15.9 Å². The molecule has 0 bridgehead atoms. The normalized spacial score (nSPS) is 11.2. The number of halogens is 2. The zero-order chi connectivity index (χ0) is 16.2. The van der Waals surface area contributed by atoms with Crippen LogP contribution in [0.25, 0.3) is 0 Å². The van der Waals surface area contributed by atoms with Crippen molar-refractivity contribution in [2.24, 2.45) is 11.1 Å². The number of nitrogens with one attached hydrogen (secondary N) is 1. The Morgan fingerprint density at radius 2 is 2.05 bits per heavy atom. The summed E-state index contributed by atoms with van der Waals surface area (Å²) in [5, 5.41) is 17.8. The molecule has 0 unspecified atom stereocenters. The summed E-state index contributed by atoms with van der Waals surface area (Å²) < 4.78 is 32.0. The molecule has 3 N–H and O–H groups in total. The molecule has 0 spiro atoms. The van der Waals surface area contributed by atoms with Crippen molar-refractivity contribution in [1.29, 1.82) is 5.41 Å². The maximum atomic E-state index is 13.5. The summed E-state index contributed by atoms with van der Waals surface area (Å²) in [6.45, 7) is 3.67. The third-order valence-electron chi connectivity index (χ3n) is 3.13. The highest BCUT2D eigenvalue weighted by atomic mass is 19.1. The molecule has 1 aromatic carbocycles. The molecule has 0 saturated heterocycles. The standard InChI is InChI=1S/C13H17F2N3O3/c1-13(2,12(16)17)4-3-5-21-11-7-8(14)10(18(19)20)6-9(11)15/h6-7H,3-5H2,1-2H3,(H3,16,17). The zero-order valence-corrected chi connectivity index (χ0v) is 11.8. The van der Waals surface area contributed by atoms with Gasteiger partial charge < -0.3 is 10.5 Å². The molecule has 0 aliphatic carbocycles. The summed E-state index contributed by atoms with van der Waals surface area (Å²) in [5.74, 6) is -2.48. The van der Waals surface area contributed by atoms with E-state index in [0.29, 0.717) is 25.0 Å². The van der Waals surface area contributed by atoms with E-state index in [2.05, 4.69) is 0 Å². The summed E-state index contributed by atoms with van der Waals surface area (Å²) in [6, 6.07) is 1.15. The Morgan fingerprint density at radius 1 is 1.43 bits per heavy atom. The molecule has 6 nitrogen and oxygen atoms in total. The van der Waals surface area contributed by atoms with Crippen molar-refractivity contribution >= 4 is 11.5 Å². The van der Waals surface area contributed by atoms with Gasteiger partial charge >= 0.3 is 5.69 Å². The van der Waals surface area contributed by atoms with E-state index < -0.39 is 27.7 Å². The van der Waals surface area contributed by atoms with Crippen LogP contribution in [0.15, 0.2) is 12.1 Å². The van der Waals surface area contributed by atoms with Gasteiger partial charge in [0.05, 0.1) is 23.4 Å². The summed E-state index contributed by atoms with van der Waals surface area (Å²) in [4.78, 5) is 9.44. The fraction of sp³-hybridized carbons (Fsp3) is 0.462. The minimum atomic E-state index is -1.15. The number of nitro groups is 1. The Labute approximate surface area is 120 Å². The lowest BCUT2D eigenvalue weighted by Crippen LogP contribution is -2.31. The average molecular weight is 301 g/mol. The first-order chi connectivity index (χ1) is 9.65. The molecular formula is C13H17F2N3O3. The second-order valence-electron chi connectivity index (χ2n) is 5.24. The quantitative estimate of drug-likeness (QED) is 0.266.